The van der Waals surface area contributed by atoms with E-state index in [1.807, 2.05) is 42.5 Å². The number of alkyl halides is 6. The molecule has 0 atom stereocenters. The molecule has 3 nitrogen and oxygen atoms in total. The predicted octanol–water partition coefficient (Wildman–Crippen LogP) is 15.7. The highest BCUT2D eigenvalue weighted by Gasteiger charge is 2.42. The minimum atomic E-state index is -4.99. The van der Waals surface area contributed by atoms with Gasteiger partial charge in [-0.05, 0) is 164 Å². The van der Waals surface area contributed by atoms with E-state index in [1.54, 1.807) is 24.3 Å². The third-order valence-corrected chi connectivity index (χ3v) is 14.9. The number of fused-ring (bicyclic) bond motifs is 1. The minimum absolute atomic E-state index is 0.0241. The molecule has 9 heteroatoms. The van der Waals surface area contributed by atoms with Crippen molar-refractivity contribution in [1.29, 1.82) is 0 Å². The van der Waals surface area contributed by atoms with Crippen LogP contribution in [0.15, 0.2) is 91.0 Å². The van der Waals surface area contributed by atoms with Gasteiger partial charge < -0.3 is 9.80 Å². The van der Waals surface area contributed by atoms with Crippen LogP contribution in [-0.4, -0.2) is 31.2 Å². The highest BCUT2D eigenvalue weighted by molar-refractivity contribution is 5.97. The zero-order chi connectivity index (χ0) is 47.2. The molecule has 0 unspecified atom stereocenters. The second kappa shape index (κ2) is 16.1. The molecule has 66 heavy (non-hydrogen) atoms. The third-order valence-electron chi connectivity index (χ3n) is 14.9. The molecule has 0 spiro atoms. The first-order valence-electron chi connectivity index (χ1n) is 23.2. The second-order valence-electron chi connectivity index (χ2n) is 21.5. The van der Waals surface area contributed by atoms with Crippen molar-refractivity contribution < 1.29 is 26.3 Å². The normalized spacial score (nSPS) is 19.7. The highest BCUT2D eigenvalue weighted by Crippen LogP contribution is 2.51. The summed E-state index contributed by atoms with van der Waals surface area (Å²) in [6.07, 6.45) is 9.70. The molecule has 0 radical (unpaired) electrons. The van der Waals surface area contributed by atoms with E-state index in [-0.39, 0.29) is 38.9 Å². The Morgan fingerprint density at radius 2 is 0.864 bits per heavy atom. The number of aromatic nitrogens is 1. The van der Waals surface area contributed by atoms with Crippen molar-refractivity contribution in [2.24, 2.45) is 0 Å². The van der Waals surface area contributed by atoms with Crippen molar-refractivity contribution in [3.05, 3.63) is 147 Å². The van der Waals surface area contributed by atoms with E-state index in [0.717, 1.165) is 80.7 Å². The first-order chi connectivity index (χ1) is 30.9. The summed E-state index contributed by atoms with van der Waals surface area (Å²) < 4.78 is 85.2. The third kappa shape index (κ3) is 8.63. The van der Waals surface area contributed by atoms with Gasteiger partial charge in [-0.25, -0.2) is 4.98 Å². The Balaban J connectivity index is 1.07. The van der Waals surface area contributed by atoms with Crippen LogP contribution in [0.5, 0.6) is 0 Å². The molecule has 5 heterocycles. The van der Waals surface area contributed by atoms with Crippen molar-refractivity contribution >= 4 is 46.6 Å². The molecule has 4 aliphatic heterocycles. The monoisotopic (exact) mass is 899 g/mol. The van der Waals surface area contributed by atoms with Crippen LogP contribution in [0.1, 0.15) is 137 Å². The topological polar surface area (TPSA) is 19.4 Å². The van der Waals surface area contributed by atoms with Gasteiger partial charge >= 0.3 is 12.4 Å². The molecule has 0 saturated heterocycles. The minimum Gasteiger partial charge on any atom is -0.371 e. The number of pyridine rings is 1. The van der Waals surface area contributed by atoms with Crippen molar-refractivity contribution in [2.75, 3.05) is 36.0 Å². The van der Waals surface area contributed by atoms with Crippen LogP contribution in [0, 0.1) is 0 Å². The zero-order valence-corrected chi connectivity index (χ0v) is 39.2. The van der Waals surface area contributed by atoms with Crippen LogP contribution in [0.4, 0.5) is 37.7 Å². The average Bonchev–Trinajstić information content (AvgIpc) is 3.24. The Kier molecular flexibility index (Phi) is 11.1. The average molecular weight is 900 g/mol. The number of allylic oxidation sites excluding steroid dienone is 4. The molecular weight excluding hydrogens is 841 g/mol. The first kappa shape index (κ1) is 45.6. The van der Waals surface area contributed by atoms with Gasteiger partial charge in [0.15, 0.2) is 0 Å². The molecule has 0 bridgehead atoms. The Morgan fingerprint density at radius 3 is 1.27 bits per heavy atom. The molecule has 9 rings (SSSR count). The summed E-state index contributed by atoms with van der Waals surface area (Å²) in [6, 6.07) is 17.9. The molecule has 0 aliphatic carbocycles. The van der Waals surface area contributed by atoms with Gasteiger partial charge in [-0.2, -0.15) is 26.3 Å². The highest BCUT2D eigenvalue weighted by atomic mass is 19.4. The van der Waals surface area contributed by atoms with Crippen molar-refractivity contribution in [1.82, 2.24) is 4.98 Å². The Hall–Kier alpha value is -5.57. The number of rotatable bonds is 7. The Morgan fingerprint density at radius 1 is 0.470 bits per heavy atom. The number of halogens is 6. The van der Waals surface area contributed by atoms with Crippen LogP contribution in [0.3, 0.4) is 0 Å². The quantitative estimate of drug-likeness (QED) is 0.120. The van der Waals surface area contributed by atoms with E-state index >= 15 is 0 Å². The smallest absolute Gasteiger partial charge is 0.371 e. The lowest BCUT2D eigenvalue weighted by molar-refractivity contribution is -0.143. The van der Waals surface area contributed by atoms with Gasteiger partial charge in [0.05, 0.1) is 22.3 Å². The fraction of sp³-hybridized carbons (Fsp3) is 0.386. The molecule has 0 fully saturated rings. The number of nitrogens with zero attached hydrogens (tertiary/aromatic N) is 3. The molecule has 1 aromatic heterocycles. The second-order valence-corrected chi connectivity index (χ2v) is 21.5. The van der Waals surface area contributed by atoms with Gasteiger partial charge in [0, 0.05) is 42.9 Å². The van der Waals surface area contributed by atoms with Crippen LogP contribution in [-0.2, 0) is 34.0 Å². The van der Waals surface area contributed by atoms with Crippen LogP contribution in [0.2, 0.25) is 0 Å². The summed E-state index contributed by atoms with van der Waals surface area (Å²) >= 11 is 0. The fourth-order valence-electron chi connectivity index (χ4n) is 10.6. The van der Waals surface area contributed by atoms with Crippen LogP contribution < -0.4 is 9.80 Å². The summed E-state index contributed by atoms with van der Waals surface area (Å²) in [4.78, 5) is 9.90. The van der Waals surface area contributed by atoms with Gasteiger partial charge in [-0.3, -0.25) is 0 Å². The lowest BCUT2D eigenvalue weighted by Gasteiger charge is -2.48. The molecule has 344 valence electrons. The maximum atomic E-state index is 14.2. The molecule has 5 aromatic rings. The van der Waals surface area contributed by atoms with Crippen molar-refractivity contribution in [3.63, 3.8) is 0 Å². The van der Waals surface area contributed by atoms with E-state index in [2.05, 4.69) is 95.5 Å². The number of hydrogen-bond acceptors (Lipinski definition) is 3. The molecular formula is C57H59F6N3. The molecule has 0 saturated carbocycles. The molecule has 4 aliphatic rings. The number of hydrogen-bond donors (Lipinski definition) is 0. The lowest BCUT2D eigenvalue weighted by Crippen LogP contribution is -2.44. The first-order valence-corrected chi connectivity index (χ1v) is 23.2. The Bertz CT molecular complexity index is 2750. The largest absolute Gasteiger partial charge is 0.416 e. The lowest BCUT2D eigenvalue weighted by atomic mass is 9.69. The Labute approximate surface area is 385 Å². The van der Waals surface area contributed by atoms with Gasteiger partial charge in [0.25, 0.3) is 0 Å². The van der Waals surface area contributed by atoms with Crippen LogP contribution in [0.25, 0.3) is 46.3 Å². The predicted molar refractivity (Wildman–Crippen MR) is 261 cm³/mol. The zero-order valence-electron chi connectivity index (χ0n) is 39.2. The summed E-state index contributed by atoms with van der Waals surface area (Å²) in [5.41, 5.74) is 9.35. The van der Waals surface area contributed by atoms with E-state index in [9.17, 15) is 26.3 Å². The van der Waals surface area contributed by atoms with Gasteiger partial charge in [-0.1, -0.05) is 104 Å². The van der Waals surface area contributed by atoms with E-state index in [4.69, 9.17) is 4.98 Å². The van der Waals surface area contributed by atoms with Gasteiger partial charge in [0.1, 0.15) is 0 Å². The fourth-order valence-corrected chi connectivity index (χ4v) is 10.6. The number of benzene rings is 4. The summed E-state index contributed by atoms with van der Waals surface area (Å²) in [5.74, 6) is 0. The van der Waals surface area contributed by atoms with Crippen molar-refractivity contribution in [3.8, 4) is 11.1 Å². The SMILES string of the molecule is CC1(C)CCN2CCC(C)(C)c3cc(/C=C/C=C/c4ccc5nc(/C=C/C=C/c6cc7c8c(c6)C(C)(C)CCN8CCC7(C)C)cc(-c6cc(C(F)(F)F)cc(C(F)(F)F)c6)c5c4)cc1c32. The molecule has 0 N–H and O–H groups in total. The van der Waals surface area contributed by atoms with E-state index in [0.29, 0.717) is 16.6 Å². The standard InChI is InChI=1S/C57H59F6N3/c1-52(2)19-23-65-24-20-53(3,4)46-29-37(28-45(52)50(46)65)14-10-9-13-36-17-18-49-44(27-36)43(39-32-40(56(58,59)60)34-41(33-39)57(61,62)63)35-42(64-49)16-12-11-15-38-30-47-51-48(31-38)55(7,8)22-26-66(51)25-21-54(47,5)6/h9-18,27-35H,19-26H2,1-8H3/b13-9+,14-10+,15-11+,16-12+. The van der Waals surface area contributed by atoms with Gasteiger partial charge in [0.2, 0.25) is 0 Å². The van der Waals surface area contributed by atoms with E-state index < -0.39 is 23.5 Å². The van der Waals surface area contributed by atoms with Crippen LogP contribution >= 0.6 is 0 Å². The van der Waals surface area contributed by atoms with Gasteiger partial charge in [-0.15, -0.1) is 0 Å². The summed E-state index contributed by atoms with van der Waals surface area (Å²) in [7, 11) is 0. The van der Waals surface area contributed by atoms with E-state index in [1.165, 1.54) is 33.6 Å². The summed E-state index contributed by atoms with van der Waals surface area (Å²) in [6.45, 7) is 22.7. The van der Waals surface area contributed by atoms with Crippen molar-refractivity contribution in [2.45, 2.75) is 115 Å². The summed E-state index contributed by atoms with van der Waals surface area (Å²) in [5, 5.41) is 0.436. The maximum absolute atomic E-state index is 14.2. The molecule has 0 amide bonds. The number of anilines is 2. The molecule has 4 aromatic carbocycles. The maximum Gasteiger partial charge on any atom is 0.416 e.